The Morgan fingerprint density at radius 3 is 1.83 bits per heavy atom. The summed E-state index contributed by atoms with van der Waals surface area (Å²) in [5, 5.41) is 0. The van der Waals surface area contributed by atoms with Crippen LogP contribution < -0.4 is 0 Å². The molecule has 0 aliphatic heterocycles. The van der Waals surface area contributed by atoms with Gasteiger partial charge < -0.3 is 0 Å². The number of rotatable bonds is 5. The zero-order valence-corrected chi connectivity index (χ0v) is 8.40. The van der Waals surface area contributed by atoms with E-state index in [4.69, 9.17) is 0 Å². The maximum Gasteiger partial charge on any atom is 0.262 e. The third-order valence-electron chi connectivity index (χ3n) is 2.17. The lowest BCUT2D eigenvalue weighted by molar-refractivity contribution is -0.0691. The molecule has 0 aliphatic rings. The minimum absolute atomic E-state index is 0.113. The highest BCUT2D eigenvalue weighted by Crippen LogP contribution is 2.24. The molecule has 0 aromatic heterocycles. The van der Waals surface area contributed by atoms with Crippen molar-refractivity contribution in [1.29, 1.82) is 0 Å². The van der Waals surface area contributed by atoms with Crippen LogP contribution in [0.3, 0.4) is 0 Å². The SMILES string of the molecule is CCN(CC)CC(F)(F)C(C)C. The molecule has 0 atom stereocenters. The Labute approximate surface area is 73.7 Å². The van der Waals surface area contributed by atoms with Gasteiger partial charge in [0.25, 0.3) is 5.92 Å². The van der Waals surface area contributed by atoms with Crippen LogP contribution in [-0.2, 0) is 0 Å². The van der Waals surface area contributed by atoms with Crippen LogP contribution in [-0.4, -0.2) is 30.5 Å². The molecule has 12 heavy (non-hydrogen) atoms. The maximum atomic E-state index is 13.1. The first-order valence-corrected chi connectivity index (χ1v) is 4.54. The number of hydrogen-bond donors (Lipinski definition) is 0. The summed E-state index contributed by atoms with van der Waals surface area (Å²) in [6.45, 7) is 8.20. The quantitative estimate of drug-likeness (QED) is 0.627. The van der Waals surface area contributed by atoms with Crippen LogP contribution >= 0.6 is 0 Å². The average molecular weight is 179 g/mol. The Balaban J connectivity index is 4.02. The van der Waals surface area contributed by atoms with E-state index in [2.05, 4.69) is 0 Å². The van der Waals surface area contributed by atoms with Gasteiger partial charge in [0, 0.05) is 5.92 Å². The molecule has 0 aliphatic carbocycles. The first-order valence-electron chi connectivity index (χ1n) is 4.54. The van der Waals surface area contributed by atoms with Crippen LogP contribution in [0.5, 0.6) is 0 Å². The fraction of sp³-hybridized carbons (Fsp3) is 1.00. The van der Waals surface area contributed by atoms with Crippen molar-refractivity contribution in [3.8, 4) is 0 Å². The van der Waals surface area contributed by atoms with Gasteiger partial charge in [-0.2, -0.15) is 0 Å². The Morgan fingerprint density at radius 2 is 1.58 bits per heavy atom. The zero-order valence-electron chi connectivity index (χ0n) is 8.40. The first-order chi connectivity index (χ1) is 5.44. The van der Waals surface area contributed by atoms with E-state index in [1.54, 1.807) is 18.7 Å². The van der Waals surface area contributed by atoms with E-state index in [-0.39, 0.29) is 6.54 Å². The van der Waals surface area contributed by atoms with E-state index in [0.29, 0.717) is 13.1 Å². The molecule has 0 aromatic rings. The second kappa shape index (κ2) is 4.75. The fourth-order valence-electron chi connectivity index (χ4n) is 0.928. The summed E-state index contributed by atoms with van der Waals surface area (Å²) in [6, 6.07) is 0. The smallest absolute Gasteiger partial charge is 0.262 e. The predicted octanol–water partition coefficient (Wildman–Crippen LogP) is 2.62. The molecule has 0 saturated heterocycles. The van der Waals surface area contributed by atoms with Crippen LogP contribution in [0.2, 0.25) is 0 Å². The molecule has 0 unspecified atom stereocenters. The molecule has 0 bridgehead atoms. The lowest BCUT2D eigenvalue weighted by Gasteiger charge is -2.27. The number of halogens is 2. The second-order valence-electron chi connectivity index (χ2n) is 3.38. The monoisotopic (exact) mass is 179 g/mol. The summed E-state index contributed by atoms with van der Waals surface area (Å²) in [6.07, 6.45) is 0. The van der Waals surface area contributed by atoms with Crippen molar-refractivity contribution in [3.05, 3.63) is 0 Å². The van der Waals surface area contributed by atoms with E-state index in [1.807, 2.05) is 13.8 Å². The Kier molecular flexibility index (Phi) is 4.68. The molecule has 74 valence electrons. The number of alkyl halides is 2. The molecule has 0 amide bonds. The van der Waals surface area contributed by atoms with Gasteiger partial charge in [-0.1, -0.05) is 27.7 Å². The minimum Gasteiger partial charge on any atom is -0.298 e. The van der Waals surface area contributed by atoms with Crippen molar-refractivity contribution in [2.45, 2.75) is 33.6 Å². The normalized spacial score (nSPS) is 13.0. The van der Waals surface area contributed by atoms with Crippen LogP contribution in [0.25, 0.3) is 0 Å². The van der Waals surface area contributed by atoms with Gasteiger partial charge in [-0.3, -0.25) is 4.90 Å². The van der Waals surface area contributed by atoms with E-state index in [0.717, 1.165) is 0 Å². The van der Waals surface area contributed by atoms with E-state index in [1.165, 1.54) is 0 Å². The molecular formula is C9H19F2N. The highest BCUT2D eigenvalue weighted by molar-refractivity contribution is 4.74. The van der Waals surface area contributed by atoms with Crippen molar-refractivity contribution < 1.29 is 8.78 Å². The van der Waals surface area contributed by atoms with Crippen molar-refractivity contribution in [1.82, 2.24) is 4.90 Å². The summed E-state index contributed by atoms with van der Waals surface area (Å²) in [5.41, 5.74) is 0. The van der Waals surface area contributed by atoms with Gasteiger partial charge in [-0.15, -0.1) is 0 Å². The van der Waals surface area contributed by atoms with Gasteiger partial charge in [-0.25, -0.2) is 8.78 Å². The van der Waals surface area contributed by atoms with Gasteiger partial charge in [0.2, 0.25) is 0 Å². The van der Waals surface area contributed by atoms with Crippen molar-refractivity contribution >= 4 is 0 Å². The average Bonchev–Trinajstić information content (AvgIpc) is 2.00. The Bertz CT molecular complexity index is 120. The molecule has 1 nitrogen and oxygen atoms in total. The van der Waals surface area contributed by atoms with Crippen LogP contribution in [0.4, 0.5) is 8.78 Å². The summed E-state index contributed by atoms with van der Waals surface area (Å²) in [4.78, 5) is 1.75. The third-order valence-corrected chi connectivity index (χ3v) is 2.17. The number of nitrogens with zero attached hydrogens (tertiary/aromatic N) is 1. The molecule has 3 heteroatoms. The fourth-order valence-corrected chi connectivity index (χ4v) is 0.928. The second-order valence-corrected chi connectivity index (χ2v) is 3.38. The predicted molar refractivity (Wildman–Crippen MR) is 47.6 cm³/mol. The summed E-state index contributed by atoms with van der Waals surface area (Å²) in [5.74, 6) is -3.12. The molecule has 0 heterocycles. The third kappa shape index (κ3) is 3.48. The maximum absolute atomic E-state index is 13.1. The molecule has 0 N–H and O–H groups in total. The lowest BCUT2D eigenvalue weighted by atomic mass is 10.1. The van der Waals surface area contributed by atoms with Gasteiger partial charge in [0.05, 0.1) is 6.54 Å². The Morgan fingerprint density at radius 1 is 1.17 bits per heavy atom. The molecular weight excluding hydrogens is 160 g/mol. The molecule has 0 radical (unpaired) electrons. The van der Waals surface area contributed by atoms with Crippen molar-refractivity contribution in [2.75, 3.05) is 19.6 Å². The van der Waals surface area contributed by atoms with E-state index in [9.17, 15) is 8.78 Å². The van der Waals surface area contributed by atoms with Crippen LogP contribution in [0.15, 0.2) is 0 Å². The molecule has 0 rings (SSSR count). The van der Waals surface area contributed by atoms with Gasteiger partial charge in [-0.05, 0) is 13.1 Å². The largest absolute Gasteiger partial charge is 0.298 e. The number of hydrogen-bond acceptors (Lipinski definition) is 1. The summed E-state index contributed by atoms with van der Waals surface area (Å²) >= 11 is 0. The van der Waals surface area contributed by atoms with Crippen molar-refractivity contribution in [2.24, 2.45) is 5.92 Å². The topological polar surface area (TPSA) is 3.24 Å². The first kappa shape index (κ1) is 11.8. The zero-order chi connectivity index (χ0) is 9.78. The standard InChI is InChI=1S/C9H19F2N/c1-5-12(6-2)7-9(10,11)8(3)4/h8H,5-7H2,1-4H3. The highest BCUT2D eigenvalue weighted by Gasteiger charge is 2.34. The van der Waals surface area contributed by atoms with Gasteiger partial charge >= 0.3 is 0 Å². The lowest BCUT2D eigenvalue weighted by Crippen LogP contribution is -2.40. The van der Waals surface area contributed by atoms with Crippen LogP contribution in [0.1, 0.15) is 27.7 Å². The molecule has 0 aromatic carbocycles. The van der Waals surface area contributed by atoms with Crippen LogP contribution in [0, 0.1) is 5.92 Å². The molecule has 0 spiro atoms. The summed E-state index contributed by atoms with van der Waals surface area (Å²) < 4.78 is 26.3. The Hall–Kier alpha value is -0.180. The molecule has 0 saturated carbocycles. The minimum atomic E-state index is -2.55. The van der Waals surface area contributed by atoms with E-state index >= 15 is 0 Å². The molecule has 0 fully saturated rings. The summed E-state index contributed by atoms with van der Waals surface area (Å²) in [7, 11) is 0. The van der Waals surface area contributed by atoms with E-state index < -0.39 is 11.8 Å². The highest BCUT2D eigenvalue weighted by atomic mass is 19.3. The van der Waals surface area contributed by atoms with Gasteiger partial charge in [0.1, 0.15) is 0 Å². The van der Waals surface area contributed by atoms with Crippen molar-refractivity contribution in [3.63, 3.8) is 0 Å². The van der Waals surface area contributed by atoms with Gasteiger partial charge in [0.15, 0.2) is 0 Å².